The van der Waals surface area contributed by atoms with Crippen molar-refractivity contribution in [2.45, 2.75) is 6.92 Å². The summed E-state index contributed by atoms with van der Waals surface area (Å²) in [6.07, 6.45) is 0. The molecule has 0 spiro atoms. The van der Waals surface area contributed by atoms with Crippen LogP contribution in [0.5, 0.6) is 5.75 Å². The van der Waals surface area contributed by atoms with E-state index in [0.717, 1.165) is 6.92 Å². The van der Waals surface area contributed by atoms with E-state index in [1.165, 1.54) is 0 Å². The zero-order valence-corrected chi connectivity index (χ0v) is 7.14. The number of benzene rings is 1. The van der Waals surface area contributed by atoms with Crippen molar-refractivity contribution in [3.8, 4) is 5.75 Å². The molecule has 70 valence electrons. The van der Waals surface area contributed by atoms with Crippen molar-refractivity contribution in [3.63, 3.8) is 0 Å². The highest BCUT2D eigenvalue weighted by atomic mass is 16.5. The third-order valence-corrected chi connectivity index (χ3v) is 0.927. The standard InChI is InChI=1S/C7H6O2.C2H4O2/c8-6-9-7-4-2-1-3-5-7;1-2(3)4/h1-6H;1H3,(H,3,4). The SMILES string of the molecule is CC(=O)O.O=COc1ccccc1. The van der Waals surface area contributed by atoms with Crippen molar-refractivity contribution >= 4 is 12.4 Å². The largest absolute Gasteiger partial charge is 0.481 e. The summed E-state index contributed by atoms with van der Waals surface area (Å²) in [6, 6.07) is 8.90. The van der Waals surface area contributed by atoms with Crippen molar-refractivity contribution in [1.29, 1.82) is 0 Å². The maximum Gasteiger partial charge on any atom is 0.300 e. The number of ether oxygens (including phenoxy) is 1. The Bertz CT molecular complexity index is 252. The predicted molar refractivity (Wildman–Crippen MR) is 46.4 cm³/mol. The van der Waals surface area contributed by atoms with E-state index in [4.69, 9.17) is 9.90 Å². The molecule has 13 heavy (non-hydrogen) atoms. The van der Waals surface area contributed by atoms with Gasteiger partial charge in [-0.3, -0.25) is 9.59 Å². The molecule has 1 aromatic carbocycles. The minimum Gasteiger partial charge on any atom is -0.481 e. The first-order valence-corrected chi connectivity index (χ1v) is 3.51. The number of rotatable bonds is 2. The van der Waals surface area contributed by atoms with Crippen LogP contribution in [0.3, 0.4) is 0 Å². The quantitative estimate of drug-likeness (QED) is 0.700. The first-order chi connectivity index (χ1) is 6.16. The van der Waals surface area contributed by atoms with Crippen LogP contribution in [-0.4, -0.2) is 17.5 Å². The molecular formula is C9H10O4. The van der Waals surface area contributed by atoms with Crippen LogP contribution >= 0.6 is 0 Å². The smallest absolute Gasteiger partial charge is 0.300 e. The first kappa shape index (κ1) is 11.2. The van der Waals surface area contributed by atoms with E-state index in [2.05, 4.69) is 4.74 Å². The number of hydrogen-bond donors (Lipinski definition) is 1. The molecule has 1 N–H and O–H groups in total. The van der Waals surface area contributed by atoms with Gasteiger partial charge >= 0.3 is 0 Å². The van der Waals surface area contributed by atoms with Gasteiger partial charge in [0, 0.05) is 6.92 Å². The lowest BCUT2D eigenvalue weighted by molar-refractivity contribution is -0.134. The van der Waals surface area contributed by atoms with Crippen LogP contribution < -0.4 is 4.74 Å². The van der Waals surface area contributed by atoms with Gasteiger partial charge in [-0.25, -0.2) is 0 Å². The lowest BCUT2D eigenvalue weighted by Crippen LogP contribution is -1.85. The summed E-state index contributed by atoms with van der Waals surface area (Å²) in [5.41, 5.74) is 0. The van der Waals surface area contributed by atoms with E-state index in [9.17, 15) is 4.79 Å². The minimum atomic E-state index is -0.833. The topological polar surface area (TPSA) is 63.6 Å². The first-order valence-electron chi connectivity index (χ1n) is 3.51. The number of aliphatic carboxylic acids is 1. The van der Waals surface area contributed by atoms with Gasteiger partial charge < -0.3 is 9.84 Å². The number of carbonyl (C=O) groups excluding carboxylic acids is 1. The van der Waals surface area contributed by atoms with Gasteiger partial charge in [0.2, 0.25) is 0 Å². The van der Waals surface area contributed by atoms with Gasteiger partial charge in [-0.1, -0.05) is 18.2 Å². The molecule has 0 aliphatic heterocycles. The van der Waals surface area contributed by atoms with Gasteiger partial charge in [0.05, 0.1) is 0 Å². The average Bonchev–Trinajstić information content (AvgIpc) is 2.06. The Hall–Kier alpha value is -1.84. The monoisotopic (exact) mass is 182 g/mol. The number of carboxylic acid groups (broad SMARTS) is 1. The van der Waals surface area contributed by atoms with Crippen molar-refractivity contribution in [1.82, 2.24) is 0 Å². The molecule has 0 aliphatic carbocycles. The van der Waals surface area contributed by atoms with Crippen LogP contribution in [0.4, 0.5) is 0 Å². The van der Waals surface area contributed by atoms with Crippen molar-refractivity contribution in [2.75, 3.05) is 0 Å². The molecule has 0 aliphatic rings. The highest BCUT2D eigenvalue weighted by Crippen LogP contribution is 2.05. The molecule has 1 rings (SSSR count). The van der Waals surface area contributed by atoms with Crippen molar-refractivity contribution < 1.29 is 19.4 Å². The highest BCUT2D eigenvalue weighted by Gasteiger charge is 1.84. The molecule has 0 saturated carbocycles. The third-order valence-electron chi connectivity index (χ3n) is 0.927. The Labute approximate surface area is 75.8 Å². The van der Waals surface area contributed by atoms with Gasteiger partial charge in [-0.2, -0.15) is 0 Å². The van der Waals surface area contributed by atoms with E-state index < -0.39 is 5.97 Å². The Kier molecular flexibility index (Phi) is 5.88. The van der Waals surface area contributed by atoms with E-state index >= 15 is 0 Å². The van der Waals surface area contributed by atoms with Crippen molar-refractivity contribution in [2.24, 2.45) is 0 Å². The molecule has 4 heteroatoms. The Morgan fingerprint density at radius 3 is 2.23 bits per heavy atom. The second kappa shape index (κ2) is 6.84. The van der Waals surface area contributed by atoms with Gasteiger partial charge in [0.1, 0.15) is 5.75 Å². The molecule has 0 radical (unpaired) electrons. The van der Waals surface area contributed by atoms with Crippen LogP contribution in [0.2, 0.25) is 0 Å². The van der Waals surface area contributed by atoms with Crippen LogP contribution in [0.15, 0.2) is 30.3 Å². The zero-order valence-electron chi connectivity index (χ0n) is 7.14. The summed E-state index contributed by atoms with van der Waals surface area (Å²) in [6.45, 7) is 1.50. The number of carbonyl (C=O) groups is 2. The van der Waals surface area contributed by atoms with Crippen LogP contribution in [-0.2, 0) is 9.59 Å². The maximum atomic E-state index is 9.75. The van der Waals surface area contributed by atoms with Gasteiger partial charge in [0.15, 0.2) is 0 Å². The minimum absolute atomic E-state index is 0.412. The predicted octanol–water partition coefficient (Wildman–Crippen LogP) is 1.31. The third kappa shape index (κ3) is 8.06. The van der Waals surface area contributed by atoms with E-state index in [0.29, 0.717) is 12.2 Å². The van der Waals surface area contributed by atoms with E-state index in [1.807, 2.05) is 6.07 Å². The van der Waals surface area contributed by atoms with Crippen LogP contribution in [0.25, 0.3) is 0 Å². The lowest BCUT2D eigenvalue weighted by Gasteiger charge is -1.92. The number of carboxylic acids is 1. The second-order valence-corrected chi connectivity index (χ2v) is 2.05. The summed E-state index contributed by atoms with van der Waals surface area (Å²) in [5.74, 6) is -0.257. The lowest BCUT2D eigenvalue weighted by atomic mass is 10.3. The summed E-state index contributed by atoms with van der Waals surface area (Å²) >= 11 is 0. The molecule has 0 heterocycles. The normalized spacial score (nSPS) is 7.77. The highest BCUT2D eigenvalue weighted by molar-refractivity contribution is 5.62. The summed E-state index contributed by atoms with van der Waals surface area (Å²) in [4.78, 5) is 18.8. The fourth-order valence-corrected chi connectivity index (χ4v) is 0.555. The molecule has 4 nitrogen and oxygen atoms in total. The Balaban J connectivity index is 0.000000310. The van der Waals surface area contributed by atoms with Gasteiger partial charge in [-0.15, -0.1) is 0 Å². The molecule has 0 aromatic heterocycles. The maximum absolute atomic E-state index is 9.75. The number of para-hydroxylation sites is 1. The molecule has 0 fully saturated rings. The van der Waals surface area contributed by atoms with Crippen LogP contribution in [0, 0.1) is 0 Å². The summed E-state index contributed by atoms with van der Waals surface area (Å²) in [7, 11) is 0. The van der Waals surface area contributed by atoms with Gasteiger partial charge in [-0.05, 0) is 12.1 Å². The van der Waals surface area contributed by atoms with Crippen LogP contribution in [0.1, 0.15) is 6.92 Å². The zero-order chi connectivity index (χ0) is 10.1. The fraction of sp³-hybridized carbons (Fsp3) is 0.111. The summed E-state index contributed by atoms with van der Waals surface area (Å²) < 4.78 is 4.53. The Morgan fingerprint density at radius 2 is 1.85 bits per heavy atom. The molecule has 0 unspecified atom stereocenters. The molecule has 0 amide bonds. The molecule has 0 saturated heterocycles. The molecule has 0 atom stereocenters. The number of hydrogen-bond acceptors (Lipinski definition) is 3. The average molecular weight is 182 g/mol. The second-order valence-electron chi connectivity index (χ2n) is 2.05. The molecular weight excluding hydrogens is 172 g/mol. The Morgan fingerprint density at radius 1 is 1.38 bits per heavy atom. The summed E-state index contributed by atoms with van der Waals surface area (Å²) in [5, 5.41) is 7.42. The van der Waals surface area contributed by atoms with Gasteiger partial charge in [0.25, 0.3) is 12.4 Å². The molecule has 0 bridgehead atoms. The molecule has 1 aromatic rings. The fourth-order valence-electron chi connectivity index (χ4n) is 0.555. The van der Waals surface area contributed by atoms with E-state index in [-0.39, 0.29) is 0 Å². The van der Waals surface area contributed by atoms with Crippen molar-refractivity contribution in [3.05, 3.63) is 30.3 Å². The van der Waals surface area contributed by atoms with E-state index in [1.54, 1.807) is 24.3 Å².